The van der Waals surface area contributed by atoms with E-state index in [9.17, 15) is 0 Å². The average molecular weight is 272 g/mol. The lowest BCUT2D eigenvalue weighted by Gasteiger charge is -2.29. The van der Waals surface area contributed by atoms with Crippen LogP contribution in [0.1, 0.15) is 38.6 Å². The van der Waals surface area contributed by atoms with Gasteiger partial charge in [-0.25, -0.2) is 4.98 Å². The number of nitrogens with zero attached hydrogens (tertiary/aromatic N) is 3. The van der Waals surface area contributed by atoms with E-state index in [1.165, 1.54) is 5.56 Å². The molecule has 1 atom stereocenters. The van der Waals surface area contributed by atoms with Crippen LogP contribution < -0.4 is 5.32 Å². The molecule has 0 aliphatic heterocycles. The Balaban J connectivity index is 1.91. The average Bonchev–Trinajstić information content (AvgIpc) is 2.82. The molecule has 2 aromatic rings. The molecule has 0 spiro atoms. The highest BCUT2D eigenvalue weighted by Gasteiger charge is 2.23. The SMILES string of the molecule is C[C@@H](CC(C)(C)c1ccccc1)NCc1ncnn1C. The summed E-state index contributed by atoms with van der Waals surface area (Å²) in [5.41, 5.74) is 1.54. The van der Waals surface area contributed by atoms with E-state index in [1.807, 2.05) is 11.7 Å². The lowest BCUT2D eigenvalue weighted by atomic mass is 9.79. The van der Waals surface area contributed by atoms with E-state index < -0.39 is 0 Å². The summed E-state index contributed by atoms with van der Waals surface area (Å²) in [6, 6.07) is 11.1. The molecule has 0 radical (unpaired) electrons. The highest BCUT2D eigenvalue weighted by atomic mass is 15.3. The normalized spacial score (nSPS) is 13.4. The molecule has 2 rings (SSSR count). The van der Waals surface area contributed by atoms with E-state index in [1.54, 1.807) is 6.33 Å². The van der Waals surface area contributed by atoms with E-state index in [0.29, 0.717) is 6.04 Å². The van der Waals surface area contributed by atoms with Crippen LogP contribution in [-0.2, 0) is 19.0 Å². The molecule has 0 saturated carbocycles. The summed E-state index contributed by atoms with van der Waals surface area (Å²) < 4.78 is 1.81. The Morgan fingerprint density at radius 3 is 2.55 bits per heavy atom. The smallest absolute Gasteiger partial charge is 0.140 e. The first-order chi connectivity index (χ1) is 9.49. The molecule has 20 heavy (non-hydrogen) atoms. The van der Waals surface area contributed by atoms with Crippen molar-refractivity contribution in [1.82, 2.24) is 20.1 Å². The van der Waals surface area contributed by atoms with Crippen LogP contribution in [0, 0.1) is 0 Å². The highest BCUT2D eigenvalue weighted by molar-refractivity contribution is 5.23. The van der Waals surface area contributed by atoms with Crippen molar-refractivity contribution in [3.63, 3.8) is 0 Å². The van der Waals surface area contributed by atoms with Gasteiger partial charge in [0.25, 0.3) is 0 Å². The summed E-state index contributed by atoms with van der Waals surface area (Å²) in [5.74, 6) is 0.967. The van der Waals surface area contributed by atoms with Crippen molar-refractivity contribution in [3.8, 4) is 0 Å². The van der Waals surface area contributed by atoms with Gasteiger partial charge >= 0.3 is 0 Å². The predicted octanol–water partition coefficient (Wildman–Crippen LogP) is 2.66. The first-order valence-corrected chi connectivity index (χ1v) is 7.11. The van der Waals surface area contributed by atoms with Crippen LogP contribution in [0.4, 0.5) is 0 Å². The molecule has 0 bridgehead atoms. The van der Waals surface area contributed by atoms with Crippen molar-refractivity contribution in [2.24, 2.45) is 7.05 Å². The standard InChI is InChI=1S/C16H24N4/c1-13(17-11-15-18-12-19-20(15)4)10-16(2,3)14-8-6-5-7-9-14/h5-9,12-13,17H,10-11H2,1-4H3/t13-/m0/s1. The number of benzene rings is 1. The molecule has 0 aliphatic rings. The maximum absolute atomic E-state index is 4.23. The molecule has 0 amide bonds. The van der Waals surface area contributed by atoms with Crippen molar-refractivity contribution in [2.45, 2.75) is 45.2 Å². The molecule has 108 valence electrons. The lowest BCUT2D eigenvalue weighted by molar-refractivity contribution is 0.383. The first kappa shape index (κ1) is 14.7. The van der Waals surface area contributed by atoms with Crippen molar-refractivity contribution < 1.29 is 0 Å². The van der Waals surface area contributed by atoms with Gasteiger partial charge in [0, 0.05) is 13.1 Å². The Morgan fingerprint density at radius 1 is 1.25 bits per heavy atom. The molecular formula is C16H24N4. The summed E-state index contributed by atoms with van der Waals surface area (Å²) in [5, 5.41) is 7.61. The predicted molar refractivity (Wildman–Crippen MR) is 81.4 cm³/mol. The molecule has 1 heterocycles. The van der Waals surface area contributed by atoms with Crippen molar-refractivity contribution in [3.05, 3.63) is 48.0 Å². The van der Waals surface area contributed by atoms with E-state index in [0.717, 1.165) is 18.8 Å². The van der Waals surface area contributed by atoms with Gasteiger partial charge < -0.3 is 5.32 Å². The quantitative estimate of drug-likeness (QED) is 0.879. The molecule has 1 aromatic carbocycles. The van der Waals surface area contributed by atoms with E-state index in [2.05, 4.69) is 66.5 Å². The summed E-state index contributed by atoms with van der Waals surface area (Å²) in [6.07, 6.45) is 2.67. The van der Waals surface area contributed by atoms with Crippen LogP contribution in [0.3, 0.4) is 0 Å². The van der Waals surface area contributed by atoms with Crippen molar-refractivity contribution in [2.75, 3.05) is 0 Å². The van der Waals surface area contributed by atoms with E-state index >= 15 is 0 Å². The van der Waals surface area contributed by atoms with Crippen molar-refractivity contribution in [1.29, 1.82) is 0 Å². The minimum Gasteiger partial charge on any atom is -0.307 e. The topological polar surface area (TPSA) is 42.7 Å². The fourth-order valence-electron chi connectivity index (χ4n) is 2.59. The van der Waals surface area contributed by atoms with Gasteiger partial charge in [-0.3, -0.25) is 4.68 Å². The van der Waals surface area contributed by atoms with Gasteiger partial charge in [-0.2, -0.15) is 5.10 Å². The van der Waals surface area contributed by atoms with Gasteiger partial charge in [-0.1, -0.05) is 44.2 Å². The van der Waals surface area contributed by atoms with Gasteiger partial charge in [-0.15, -0.1) is 0 Å². The summed E-state index contributed by atoms with van der Waals surface area (Å²) >= 11 is 0. The second-order valence-corrected chi connectivity index (χ2v) is 6.04. The molecule has 1 aromatic heterocycles. The summed E-state index contributed by atoms with van der Waals surface area (Å²) in [4.78, 5) is 4.23. The Morgan fingerprint density at radius 2 is 1.95 bits per heavy atom. The van der Waals surface area contributed by atoms with Gasteiger partial charge in [0.1, 0.15) is 12.2 Å². The summed E-state index contributed by atoms with van der Waals surface area (Å²) in [7, 11) is 1.92. The van der Waals surface area contributed by atoms with Gasteiger partial charge in [0.05, 0.1) is 6.54 Å². The third-order valence-corrected chi connectivity index (χ3v) is 3.79. The number of hydrogen-bond donors (Lipinski definition) is 1. The van der Waals surface area contributed by atoms with Crippen LogP contribution >= 0.6 is 0 Å². The number of aryl methyl sites for hydroxylation is 1. The fourth-order valence-corrected chi connectivity index (χ4v) is 2.59. The van der Waals surface area contributed by atoms with E-state index in [4.69, 9.17) is 0 Å². The minimum absolute atomic E-state index is 0.160. The molecule has 4 heteroatoms. The van der Waals surface area contributed by atoms with Gasteiger partial charge in [0.15, 0.2) is 0 Å². The Hall–Kier alpha value is -1.68. The molecule has 1 N–H and O–H groups in total. The molecular weight excluding hydrogens is 248 g/mol. The number of nitrogens with one attached hydrogen (secondary N) is 1. The largest absolute Gasteiger partial charge is 0.307 e. The maximum atomic E-state index is 4.23. The molecule has 0 saturated heterocycles. The first-order valence-electron chi connectivity index (χ1n) is 7.11. The van der Waals surface area contributed by atoms with Crippen LogP contribution in [0.2, 0.25) is 0 Å². The maximum Gasteiger partial charge on any atom is 0.140 e. The van der Waals surface area contributed by atoms with Gasteiger partial charge in [-0.05, 0) is 24.3 Å². The van der Waals surface area contributed by atoms with Crippen LogP contribution in [0.15, 0.2) is 36.7 Å². The fraction of sp³-hybridized carbons (Fsp3) is 0.500. The summed E-state index contributed by atoms with van der Waals surface area (Å²) in [6.45, 7) is 7.56. The second-order valence-electron chi connectivity index (χ2n) is 6.04. The zero-order valence-electron chi connectivity index (χ0n) is 12.8. The van der Waals surface area contributed by atoms with Crippen LogP contribution in [0.25, 0.3) is 0 Å². The van der Waals surface area contributed by atoms with Crippen LogP contribution in [0.5, 0.6) is 0 Å². The monoisotopic (exact) mass is 272 g/mol. The number of rotatable bonds is 6. The highest BCUT2D eigenvalue weighted by Crippen LogP contribution is 2.28. The lowest BCUT2D eigenvalue weighted by Crippen LogP contribution is -2.33. The number of aromatic nitrogens is 3. The Kier molecular flexibility index (Phi) is 4.55. The zero-order valence-corrected chi connectivity index (χ0v) is 12.8. The molecule has 0 aliphatic carbocycles. The molecule has 0 fully saturated rings. The van der Waals surface area contributed by atoms with E-state index in [-0.39, 0.29) is 5.41 Å². The van der Waals surface area contributed by atoms with Crippen LogP contribution in [-0.4, -0.2) is 20.8 Å². The second kappa shape index (κ2) is 6.18. The number of hydrogen-bond acceptors (Lipinski definition) is 3. The Labute approximate surface area is 121 Å². The molecule has 4 nitrogen and oxygen atoms in total. The zero-order chi connectivity index (χ0) is 14.6. The third kappa shape index (κ3) is 3.67. The van der Waals surface area contributed by atoms with Crippen molar-refractivity contribution >= 4 is 0 Å². The van der Waals surface area contributed by atoms with Gasteiger partial charge in [0.2, 0.25) is 0 Å². The Bertz CT molecular complexity index is 530. The molecule has 0 unspecified atom stereocenters. The minimum atomic E-state index is 0.160. The third-order valence-electron chi connectivity index (χ3n) is 3.79.